The largest absolute Gasteiger partial charge is 0.337 e. The minimum Gasteiger partial charge on any atom is -0.337 e. The van der Waals surface area contributed by atoms with E-state index in [9.17, 15) is 4.79 Å². The molecule has 5 heteroatoms. The molecule has 1 aromatic rings. The molecule has 19 heavy (non-hydrogen) atoms. The van der Waals surface area contributed by atoms with Crippen LogP contribution < -0.4 is 5.32 Å². The van der Waals surface area contributed by atoms with E-state index in [-0.39, 0.29) is 11.9 Å². The number of nitrogens with one attached hydrogen (secondary N) is 1. The third-order valence-electron chi connectivity index (χ3n) is 3.92. The standard InChI is InChI=1S/C14H16Cl2N2O/c15-10-6-9-3-5-18(8-11(9)12(16)7-10)14(19)13-2-1-4-17-13/h6-7,13,17H,1-5,8H2. The summed E-state index contributed by atoms with van der Waals surface area (Å²) in [5, 5.41) is 4.59. The fourth-order valence-corrected chi connectivity index (χ4v) is 3.48. The summed E-state index contributed by atoms with van der Waals surface area (Å²) in [5.41, 5.74) is 2.21. The number of hydrogen-bond acceptors (Lipinski definition) is 2. The van der Waals surface area contributed by atoms with Gasteiger partial charge in [-0.3, -0.25) is 4.79 Å². The van der Waals surface area contributed by atoms with Crippen molar-refractivity contribution in [2.24, 2.45) is 0 Å². The van der Waals surface area contributed by atoms with E-state index in [1.807, 2.05) is 11.0 Å². The molecule has 1 aromatic carbocycles. The van der Waals surface area contributed by atoms with Gasteiger partial charge in [-0.15, -0.1) is 0 Å². The lowest BCUT2D eigenvalue weighted by atomic mass is 9.99. The van der Waals surface area contributed by atoms with E-state index >= 15 is 0 Å². The summed E-state index contributed by atoms with van der Waals surface area (Å²) >= 11 is 12.2. The van der Waals surface area contributed by atoms with E-state index < -0.39 is 0 Å². The van der Waals surface area contributed by atoms with Crippen molar-refractivity contribution >= 4 is 29.1 Å². The molecule has 1 amide bonds. The highest BCUT2D eigenvalue weighted by Gasteiger charge is 2.29. The average molecular weight is 299 g/mol. The van der Waals surface area contributed by atoms with Crippen molar-refractivity contribution in [3.05, 3.63) is 33.3 Å². The van der Waals surface area contributed by atoms with Gasteiger partial charge in [0.15, 0.2) is 0 Å². The average Bonchev–Trinajstić information content (AvgIpc) is 2.91. The third-order valence-corrected chi connectivity index (χ3v) is 4.48. The molecule has 2 aliphatic heterocycles. The minimum absolute atomic E-state index is 0.00683. The van der Waals surface area contributed by atoms with Crippen LogP contribution in [0.25, 0.3) is 0 Å². The Hall–Kier alpha value is -0.770. The van der Waals surface area contributed by atoms with Crippen LogP contribution in [0.1, 0.15) is 24.0 Å². The molecule has 0 saturated carbocycles. The van der Waals surface area contributed by atoms with Gasteiger partial charge in [-0.1, -0.05) is 23.2 Å². The molecular formula is C14H16Cl2N2O. The second-order valence-corrected chi connectivity index (χ2v) is 6.03. The minimum atomic E-state index is -0.00683. The van der Waals surface area contributed by atoms with Gasteiger partial charge in [-0.05, 0) is 49.1 Å². The maximum Gasteiger partial charge on any atom is 0.240 e. The first kappa shape index (κ1) is 13.2. The number of benzene rings is 1. The van der Waals surface area contributed by atoms with E-state index in [0.29, 0.717) is 16.6 Å². The molecule has 0 radical (unpaired) electrons. The predicted molar refractivity (Wildman–Crippen MR) is 76.6 cm³/mol. The molecule has 102 valence electrons. The first-order valence-corrected chi connectivity index (χ1v) is 7.40. The van der Waals surface area contributed by atoms with Gasteiger partial charge in [0, 0.05) is 23.1 Å². The van der Waals surface area contributed by atoms with Crippen LogP contribution >= 0.6 is 23.2 Å². The molecule has 3 rings (SSSR count). The van der Waals surface area contributed by atoms with Crippen molar-refractivity contribution in [1.82, 2.24) is 10.2 Å². The topological polar surface area (TPSA) is 32.3 Å². The number of amides is 1. The number of rotatable bonds is 1. The fourth-order valence-electron chi connectivity index (χ4n) is 2.89. The Bertz CT molecular complexity index is 512. The number of carbonyl (C=O) groups excluding carboxylic acids is 1. The lowest BCUT2D eigenvalue weighted by Gasteiger charge is -2.31. The van der Waals surface area contributed by atoms with Crippen LogP contribution in [0.2, 0.25) is 10.0 Å². The van der Waals surface area contributed by atoms with Gasteiger partial charge in [-0.25, -0.2) is 0 Å². The van der Waals surface area contributed by atoms with Gasteiger partial charge in [0.05, 0.1) is 6.04 Å². The summed E-state index contributed by atoms with van der Waals surface area (Å²) in [7, 11) is 0. The Morgan fingerprint density at radius 3 is 2.95 bits per heavy atom. The maximum absolute atomic E-state index is 12.4. The van der Waals surface area contributed by atoms with Crippen LogP contribution in [0.15, 0.2) is 12.1 Å². The Balaban J connectivity index is 1.80. The molecule has 0 aliphatic carbocycles. The fraction of sp³-hybridized carbons (Fsp3) is 0.500. The molecule has 0 bridgehead atoms. The van der Waals surface area contributed by atoms with Crippen LogP contribution in [-0.2, 0) is 17.8 Å². The van der Waals surface area contributed by atoms with Gasteiger partial charge >= 0.3 is 0 Å². The van der Waals surface area contributed by atoms with Crippen molar-refractivity contribution in [1.29, 1.82) is 0 Å². The zero-order chi connectivity index (χ0) is 13.4. The maximum atomic E-state index is 12.4. The van der Waals surface area contributed by atoms with E-state index in [0.717, 1.165) is 37.9 Å². The van der Waals surface area contributed by atoms with Crippen molar-refractivity contribution in [3.8, 4) is 0 Å². The summed E-state index contributed by atoms with van der Waals surface area (Å²) in [5.74, 6) is 0.203. The van der Waals surface area contributed by atoms with Crippen LogP contribution in [0, 0.1) is 0 Å². The molecule has 0 aromatic heterocycles. The van der Waals surface area contributed by atoms with E-state index in [1.165, 1.54) is 5.56 Å². The van der Waals surface area contributed by atoms with Crippen LogP contribution in [-0.4, -0.2) is 29.9 Å². The van der Waals surface area contributed by atoms with Crippen molar-refractivity contribution < 1.29 is 4.79 Å². The number of carbonyl (C=O) groups is 1. The Morgan fingerprint density at radius 1 is 1.37 bits per heavy atom. The molecular weight excluding hydrogens is 283 g/mol. The second-order valence-electron chi connectivity index (χ2n) is 5.18. The van der Waals surface area contributed by atoms with Crippen LogP contribution in [0.5, 0.6) is 0 Å². The quantitative estimate of drug-likeness (QED) is 0.864. The highest BCUT2D eigenvalue weighted by Crippen LogP contribution is 2.30. The highest BCUT2D eigenvalue weighted by molar-refractivity contribution is 6.35. The number of halogens is 2. The lowest BCUT2D eigenvalue weighted by molar-refractivity contribution is -0.134. The predicted octanol–water partition coefficient (Wildman–Crippen LogP) is 2.63. The van der Waals surface area contributed by atoms with E-state index in [4.69, 9.17) is 23.2 Å². The molecule has 0 spiro atoms. The Kier molecular flexibility index (Phi) is 3.70. The van der Waals surface area contributed by atoms with Crippen molar-refractivity contribution in [2.75, 3.05) is 13.1 Å². The van der Waals surface area contributed by atoms with E-state index in [1.54, 1.807) is 6.07 Å². The zero-order valence-corrected chi connectivity index (χ0v) is 12.1. The second kappa shape index (κ2) is 5.31. The lowest BCUT2D eigenvalue weighted by Crippen LogP contribution is -2.45. The smallest absolute Gasteiger partial charge is 0.240 e. The Labute approximate surface area is 122 Å². The molecule has 2 aliphatic rings. The molecule has 1 saturated heterocycles. The summed E-state index contributed by atoms with van der Waals surface area (Å²) < 4.78 is 0. The summed E-state index contributed by atoms with van der Waals surface area (Å²) in [6, 6.07) is 3.70. The first-order valence-electron chi connectivity index (χ1n) is 6.64. The van der Waals surface area contributed by atoms with Crippen LogP contribution in [0.3, 0.4) is 0 Å². The summed E-state index contributed by atoms with van der Waals surface area (Å²) in [6.07, 6.45) is 2.85. The highest BCUT2D eigenvalue weighted by atomic mass is 35.5. The molecule has 3 nitrogen and oxygen atoms in total. The van der Waals surface area contributed by atoms with Gasteiger partial charge in [0.25, 0.3) is 0 Å². The number of hydrogen-bond donors (Lipinski definition) is 1. The van der Waals surface area contributed by atoms with Crippen molar-refractivity contribution in [2.45, 2.75) is 31.8 Å². The van der Waals surface area contributed by atoms with Gasteiger partial charge in [0.1, 0.15) is 0 Å². The molecule has 2 heterocycles. The summed E-state index contributed by atoms with van der Waals surface area (Å²) in [4.78, 5) is 14.3. The SMILES string of the molecule is O=C(C1CCCN1)N1CCc2cc(Cl)cc(Cl)c2C1. The van der Waals surface area contributed by atoms with Crippen molar-refractivity contribution in [3.63, 3.8) is 0 Å². The molecule has 1 fully saturated rings. The summed E-state index contributed by atoms with van der Waals surface area (Å²) in [6.45, 7) is 2.29. The third kappa shape index (κ3) is 2.60. The molecule has 1 atom stereocenters. The molecule has 1 N–H and O–H groups in total. The van der Waals surface area contributed by atoms with Crippen LogP contribution in [0.4, 0.5) is 0 Å². The van der Waals surface area contributed by atoms with Gasteiger partial charge in [-0.2, -0.15) is 0 Å². The number of nitrogens with zero attached hydrogens (tertiary/aromatic N) is 1. The number of fused-ring (bicyclic) bond motifs is 1. The zero-order valence-electron chi connectivity index (χ0n) is 10.6. The van der Waals surface area contributed by atoms with Gasteiger partial charge < -0.3 is 10.2 Å². The Morgan fingerprint density at radius 2 is 2.21 bits per heavy atom. The first-order chi connectivity index (χ1) is 9.15. The van der Waals surface area contributed by atoms with E-state index in [2.05, 4.69) is 5.32 Å². The molecule has 1 unspecified atom stereocenters. The van der Waals surface area contributed by atoms with Gasteiger partial charge in [0.2, 0.25) is 5.91 Å². The normalized spacial score (nSPS) is 22.4. The monoisotopic (exact) mass is 298 g/mol.